The molecule has 1 atom stereocenters. The van der Waals surface area contributed by atoms with Crippen molar-refractivity contribution in [1.82, 2.24) is 0 Å². The Labute approximate surface area is 138 Å². The van der Waals surface area contributed by atoms with Gasteiger partial charge in [-0.25, -0.2) is 0 Å². The summed E-state index contributed by atoms with van der Waals surface area (Å²) >= 11 is 0. The molecule has 4 N–H and O–H groups in total. The van der Waals surface area contributed by atoms with Crippen molar-refractivity contribution < 1.29 is 19.4 Å². The van der Waals surface area contributed by atoms with Crippen LogP contribution in [0.5, 0.6) is 0 Å². The minimum absolute atomic E-state index is 0.251. The van der Waals surface area contributed by atoms with Gasteiger partial charge in [0.2, 0.25) is 0 Å². The number of aliphatic hydroxyl groups excluding tert-OH is 2. The fourth-order valence-corrected chi connectivity index (χ4v) is 2.26. The first-order valence-corrected chi connectivity index (χ1v) is 7.58. The Morgan fingerprint density at radius 1 is 1.08 bits per heavy atom. The quantitative estimate of drug-likeness (QED) is 0.558. The van der Waals surface area contributed by atoms with Gasteiger partial charge in [-0.05, 0) is 36.4 Å². The smallest absolute Gasteiger partial charge is 0.291 e. The van der Waals surface area contributed by atoms with Crippen molar-refractivity contribution in [2.24, 2.45) is 0 Å². The van der Waals surface area contributed by atoms with E-state index < -0.39 is 6.10 Å². The van der Waals surface area contributed by atoms with Crippen LogP contribution in [-0.4, -0.2) is 35.4 Å². The van der Waals surface area contributed by atoms with E-state index in [2.05, 4.69) is 10.6 Å². The van der Waals surface area contributed by atoms with Crippen LogP contribution in [0.1, 0.15) is 10.6 Å². The van der Waals surface area contributed by atoms with Crippen molar-refractivity contribution in [3.8, 4) is 0 Å². The summed E-state index contributed by atoms with van der Waals surface area (Å²) in [5.74, 6) is -0.0629. The van der Waals surface area contributed by atoms with Crippen molar-refractivity contribution in [3.05, 3.63) is 60.4 Å². The lowest BCUT2D eigenvalue weighted by atomic mass is 10.2. The summed E-state index contributed by atoms with van der Waals surface area (Å²) in [5.41, 5.74) is 2.09. The fourth-order valence-electron chi connectivity index (χ4n) is 2.26. The Morgan fingerprint density at radius 3 is 2.50 bits per heavy atom. The zero-order valence-electron chi connectivity index (χ0n) is 12.9. The molecular formula is C18H18N2O4. The van der Waals surface area contributed by atoms with E-state index in [-0.39, 0.29) is 24.8 Å². The first kappa shape index (κ1) is 16.0. The molecule has 124 valence electrons. The molecule has 1 heterocycles. The molecule has 0 fully saturated rings. The van der Waals surface area contributed by atoms with Gasteiger partial charge >= 0.3 is 0 Å². The van der Waals surface area contributed by atoms with Crippen molar-refractivity contribution in [3.63, 3.8) is 0 Å². The number of rotatable bonds is 6. The lowest BCUT2D eigenvalue weighted by Gasteiger charge is -2.10. The highest BCUT2D eigenvalue weighted by molar-refractivity contribution is 6.04. The lowest BCUT2D eigenvalue weighted by molar-refractivity contribution is 0.0998. The lowest BCUT2D eigenvalue weighted by Crippen LogP contribution is -2.22. The number of hydrogen-bond donors (Lipinski definition) is 4. The first-order valence-electron chi connectivity index (χ1n) is 7.58. The van der Waals surface area contributed by atoms with E-state index in [1.165, 1.54) is 0 Å². The van der Waals surface area contributed by atoms with E-state index in [1.54, 1.807) is 30.3 Å². The zero-order chi connectivity index (χ0) is 16.9. The van der Waals surface area contributed by atoms with E-state index in [1.807, 2.05) is 24.3 Å². The highest BCUT2D eigenvalue weighted by atomic mass is 16.3. The van der Waals surface area contributed by atoms with Crippen LogP contribution in [0.2, 0.25) is 0 Å². The number of carbonyl (C=O) groups excluding carboxylic acids is 1. The summed E-state index contributed by atoms with van der Waals surface area (Å²) < 4.78 is 5.53. The van der Waals surface area contributed by atoms with Crippen LogP contribution in [0.15, 0.2) is 59.0 Å². The van der Waals surface area contributed by atoms with Gasteiger partial charge in [0, 0.05) is 23.3 Å². The molecule has 0 saturated heterocycles. The van der Waals surface area contributed by atoms with Crippen LogP contribution in [-0.2, 0) is 0 Å². The average molecular weight is 326 g/mol. The standard InChI is InChI=1S/C18H18N2O4/c21-11-15(22)10-19-13-5-7-14(8-6-13)20-18(23)17-9-12-3-1-2-4-16(12)24-17/h1-9,15,19,21-22H,10-11H2,(H,20,23). The number of amides is 1. The molecular weight excluding hydrogens is 308 g/mol. The van der Waals surface area contributed by atoms with Crippen molar-refractivity contribution in [2.45, 2.75) is 6.10 Å². The third-order valence-electron chi connectivity index (χ3n) is 3.54. The number of para-hydroxylation sites is 1. The maximum absolute atomic E-state index is 12.2. The maximum atomic E-state index is 12.2. The molecule has 0 aliphatic heterocycles. The van der Waals surface area contributed by atoms with Crippen LogP contribution < -0.4 is 10.6 Å². The summed E-state index contributed by atoms with van der Waals surface area (Å²) in [4.78, 5) is 12.2. The summed E-state index contributed by atoms with van der Waals surface area (Å²) in [5, 5.41) is 24.7. The second-order valence-corrected chi connectivity index (χ2v) is 5.40. The van der Waals surface area contributed by atoms with Crippen molar-refractivity contribution in [1.29, 1.82) is 0 Å². The molecule has 1 amide bonds. The second-order valence-electron chi connectivity index (χ2n) is 5.40. The van der Waals surface area contributed by atoms with Gasteiger partial charge in [-0.3, -0.25) is 4.79 Å². The maximum Gasteiger partial charge on any atom is 0.291 e. The molecule has 0 radical (unpaired) electrons. The Morgan fingerprint density at radius 2 is 1.79 bits per heavy atom. The Bertz CT molecular complexity index is 793. The third kappa shape index (κ3) is 3.73. The van der Waals surface area contributed by atoms with Gasteiger partial charge in [0.1, 0.15) is 5.58 Å². The van der Waals surface area contributed by atoms with E-state index in [0.717, 1.165) is 11.1 Å². The van der Waals surface area contributed by atoms with Gasteiger partial charge in [0.25, 0.3) is 5.91 Å². The average Bonchev–Trinajstić information content (AvgIpc) is 3.05. The van der Waals surface area contributed by atoms with Crippen molar-refractivity contribution in [2.75, 3.05) is 23.8 Å². The van der Waals surface area contributed by atoms with E-state index in [4.69, 9.17) is 9.52 Å². The molecule has 2 aromatic carbocycles. The van der Waals surface area contributed by atoms with Crippen LogP contribution in [0, 0.1) is 0 Å². The predicted molar refractivity (Wildman–Crippen MR) is 92.2 cm³/mol. The Hall–Kier alpha value is -2.83. The third-order valence-corrected chi connectivity index (χ3v) is 3.54. The molecule has 1 aromatic heterocycles. The van der Waals surface area contributed by atoms with Crippen LogP contribution in [0.3, 0.4) is 0 Å². The van der Waals surface area contributed by atoms with Gasteiger partial charge in [0.05, 0.1) is 12.7 Å². The molecule has 0 bridgehead atoms. The molecule has 3 aromatic rings. The SMILES string of the molecule is O=C(Nc1ccc(NCC(O)CO)cc1)c1cc2ccccc2o1. The monoisotopic (exact) mass is 326 g/mol. The van der Waals surface area contributed by atoms with E-state index in [0.29, 0.717) is 11.3 Å². The predicted octanol–water partition coefficient (Wildman–Crippen LogP) is 2.45. The van der Waals surface area contributed by atoms with Crippen molar-refractivity contribution >= 4 is 28.3 Å². The molecule has 1 unspecified atom stereocenters. The van der Waals surface area contributed by atoms with Gasteiger partial charge in [0.15, 0.2) is 5.76 Å². The summed E-state index contributed by atoms with van der Waals surface area (Å²) in [6.07, 6.45) is -0.808. The summed E-state index contributed by atoms with van der Waals surface area (Å²) in [6.45, 7) is -0.0418. The number of aliphatic hydroxyl groups is 2. The second kappa shape index (κ2) is 7.16. The molecule has 0 spiro atoms. The van der Waals surface area contributed by atoms with Crippen LogP contribution in [0.4, 0.5) is 11.4 Å². The minimum atomic E-state index is -0.808. The molecule has 24 heavy (non-hydrogen) atoms. The molecule has 6 nitrogen and oxygen atoms in total. The number of anilines is 2. The van der Waals surface area contributed by atoms with E-state index in [9.17, 15) is 9.90 Å². The van der Waals surface area contributed by atoms with Crippen LogP contribution >= 0.6 is 0 Å². The minimum Gasteiger partial charge on any atom is -0.451 e. The number of fused-ring (bicyclic) bond motifs is 1. The van der Waals surface area contributed by atoms with Gasteiger partial charge in [-0.1, -0.05) is 18.2 Å². The van der Waals surface area contributed by atoms with Crippen LogP contribution in [0.25, 0.3) is 11.0 Å². The normalized spacial score (nSPS) is 12.1. The topological polar surface area (TPSA) is 94.7 Å². The number of hydrogen-bond acceptors (Lipinski definition) is 5. The number of benzene rings is 2. The highest BCUT2D eigenvalue weighted by Gasteiger charge is 2.12. The summed E-state index contributed by atoms with van der Waals surface area (Å²) in [7, 11) is 0. The number of nitrogens with one attached hydrogen (secondary N) is 2. The van der Waals surface area contributed by atoms with E-state index >= 15 is 0 Å². The van der Waals surface area contributed by atoms with Gasteiger partial charge < -0.3 is 25.3 Å². The molecule has 0 aliphatic rings. The summed E-state index contributed by atoms with van der Waals surface area (Å²) in [6, 6.07) is 16.2. The fraction of sp³-hybridized carbons (Fsp3) is 0.167. The molecule has 0 saturated carbocycles. The van der Waals surface area contributed by atoms with Gasteiger partial charge in [-0.15, -0.1) is 0 Å². The number of furan rings is 1. The zero-order valence-corrected chi connectivity index (χ0v) is 12.9. The first-order chi connectivity index (χ1) is 11.7. The highest BCUT2D eigenvalue weighted by Crippen LogP contribution is 2.20. The van der Waals surface area contributed by atoms with Gasteiger partial charge in [-0.2, -0.15) is 0 Å². The Balaban J connectivity index is 1.63. The number of carbonyl (C=O) groups is 1. The molecule has 0 aliphatic carbocycles. The molecule has 3 rings (SSSR count). The Kier molecular flexibility index (Phi) is 4.79. The largest absolute Gasteiger partial charge is 0.451 e. The molecule has 6 heteroatoms.